The Balaban J connectivity index is 1.83. The Bertz CT molecular complexity index is 1040. The van der Waals surface area contributed by atoms with E-state index < -0.39 is 0 Å². The number of para-hydroxylation sites is 1. The van der Waals surface area contributed by atoms with Crippen LogP contribution in [0, 0.1) is 0 Å². The van der Waals surface area contributed by atoms with Crippen molar-refractivity contribution in [2.24, 2.45) is 0 Å². The molecule has 25 heavy (non-hydrogen) atoms. The number of aromatic nitrogens is 2. The molecule has 0 saturated heterocycles. The summed E-state index contributed by atoms with van der Waals surface area (Å²) in [7, 11) is 0. The molecule has 0 atom stereocenters. The molecule has 4 aromatic rings. The summed E-state index contributed by atoms with van der Waals surface area (Å²) in [6.07, 6.45) is 6.00. The molecule has 0 aliphatic heterocycles. The van der Waals surface area contributed by atoms with Gasteiger partial charge in [0.15, 0.2) is 5.58 Å². The number of hydrogen-bond acceptors (Lipinski definition) is 3. The molecule has 3 aromatic heterocycles. The lowest BCUT2D eigenvalue weighted by molar-refractivity contribution is 0.438. The van der Waals surface area contributed by atoms with Gasteiger partial charge >= 0.3 is 0 Å². The number of pyridine rings is 2. The van der Waals surface area contributed by atoms with E-state index in [4.69, 9.17) is 4.42 Å². The smallest absolute Gasteiger partial charge is 0.154 e. The first-order valence-electron chi connectivity index (χ1n) is 8.89. The zero-order valence-electron chi connectivity index (χ0n) is 14.9. The molecule has 0 unspecified atom stereocenters. The molecule has 0 bridgehead atoms. The predicted molar refractivity (Wildman–Crippen MR) is 103 cm³/mol. The quantitative estimate of drug-likeness (QED) is 0.452. The third-order valence-electron chi connectivity index (χ3n) is 5.53. The van der Waals surface area contributed by atoms with Gasteiger partial charge in [-0.05, 0) is 54.2 Å². The third-order valence-corrected chi connectivity index (χ3v) is 5.53. The van der Waals surface area contributed by atoms with Gasteiger partial charge in [0, 0.05) is 23.3 Å². The van der Waals surface area contributed by atoms with Gasteiger partial charge in [0.05, 0.1) is 5.69 Å². The molecule has 0 amide bonds. The van der Waals surface area contributed by atoms with Crippen LogP contribution >= 0.6 is 0 Å². The van der Waals surface area contributed by atoms with Crippen LogP contribution < -0.4 is 0 Å². The number of nitrogens with zero attached hydrogens (tertiary/aromatic N) is 2. The minimum Gasteiger partial charge on any atom is -0.454 e. The predicted octanol–water partition coefficient (Wildman–Crippen LogP) is 6.12. The molecule has 0 saturated carbocycles. The molecule has 0 spiro atoms. The summed E-state index contributed by atoms with van der Waals surface area (Å²) in [5.74, 6) is 0. The average molecular weight is 330 g/mol. The largest absolute Gasteiger partial charge is 0.454 e. The van der Waals surface area contributed by atoms with Gasteiger partial charge in [0.1, 0.15) is 11.1 Å². The number of fused-ring (bicyclic) bond motifs is 3. The van der Waals surface area contributed by atoms with E-state index in [0.717, 1.165) is 46.2 Å². The van der Waals surface area contributed by atoms with Gasteiger partial charge in [0.25, 0.3) is 0 Å². The first kappa shape index (κ1) is 15.8. The Morgan fingerprint density at radius 3 is 2.56 bits per heavy atom. The van der Waals surface area contributed by atoms with Crippen molar-refractivity contribution >= 4 is 22.1 Å². The number of benzene rings is 1. The first-order chi connectivity index (χ1) is 12.1. The molecule has 3 nitrogen and oxygen atoms in total. The maximum absolute atomic E-state index is 5.96. The fourth-order valence-corrected chi connectivity index (χ4v) is 3.36. The molecule has 1 aromatic carbocycles. The highest BCUT2D eigenvalue weighted by atomic mass is 16.3. The van der Waals surface area contributed by atoms with E-state index in [1.807, 2.05) is 42.7 Å². The Hall–Kier alpha value is -2.68. The normalized spacial score (nSPS) is 12.1. The summed E-state index contributed by atoms with van der Waals surface area (Å²) in [6, 6.07) is 14.4. The summed E-state index contributed by atoms with van der Waals surface area (Å²) >= 11 is 0. The summed E-state index contributed by atoms with van der Waals surface area (Å²) in [5, 5.41) is 1.05. The molecule has 126 valence electrons. The number of hydrogen-bond donors (Lipinski definition) is 0. The van der Waals surface area contributed by atoms with Crippen LogP contribution in [-0.4, -0.2) is 9.97 Å². The molecule has 3 heterocycles. The Morgan fingerprint density at radius 1 is 0.960 bits per heavy atom. The summed E-state index contributed by atoms with van der Waals surface area (Å²) in [6.45, 7) is 6.80. The lowest BCUT2D eigenvalue weighted by atomic mass is 9.78. The molecule has 0 aliphatic carbocycles. The van der Waals surface area contributed by atoms with Crippen molar-refractivity contribution in [2.45, 2.75) is 39.0 Å². The Morgan fingerprint density at radius 2 is 1.76 bits per heavy atom. The lowest BCUT2D eigenvalue weighted by Crippen LogP contribution is -2.19. The zero-order valence-corrected chi connectivity index (χ0v) is 14.9. The van der Waals surface area contributed by atoms with Crippen LogP contribution in [-0.2, 0) is 5.41 Å². The number of furan rings is 1. The average Bonchev–Trinajstić information content (AvgIpc) is 3.05. The van der Waals surface area contributed by atoms with Crippen LogP contribution in [0.3, 0.4) is 0 Å². The van der Waals surface area contributed by atoms with Crippen LogP contribution in [0.2, 0.25) is 0 Å². The van der Waals surface area contributed by atoms with Gasteiger partial charge < -0.3 is 4.42 Å². The van der Waals surface area contributed by atoms with Crippen molar-refractivity contribution in [3.05, 3.63) is 60.4 Å². The maximum Gasteiger partial charge on any atom is 0.154 e. The third kappa shape index (κ3) is 2.60. The standard InChI is InChI=1S/C22H22N2O/c1-4-22(3,5-2)16-10-11-23-18(13-16)15-12-20-21(24-14-15)17-8-6-7-9-19(17)25-20/h6-14H,4-5H2,1-3H3. The zero-order chi connectivity index (χ0) is 17.4. The second-order valence-electron chi connectivity index (χ2n) is 6.87. The van der Waals surface area contributed by atoms with Crippen LogP contribution in [0.5, 0.6) is 0 Å². The maximum atomic E-state index is 5.96. The molecule has 0 aliphatic rings. The van der Waals surface area contributed by atoms with Crippen LogP contribution in [0.25, 0.3) is 33.3 Å². The Labute approximate surface area is 147 Å². The molecule has 4 rings (SSSR count). The number of rotatable bonds is 4. The highest BCUT2D eigenvalue weighted by molar-refractivity contribution is 6.02. The first-order valence-corrected chi connectivity index (χ1v) is 8.89. The molecule has 0 radical (unpaired) electrons. The molecule has 0 fully saturated rings. The fourth-order valence-electron chi connectivity index (χ4n) is 3.36. The highest BCUT2D eigenvalue weighted by Gasteiger charge is 2.23. The monoisotopic (exact) mass is 330 g/mol. The van der Waals surface area contributed by atoms with E-state index >= 15 is 0 Å². The van der Waals surface area contributed by atoms with Crippen molar-refractivity contribution in [1.29, 1.82) is 0 Å². The lowest BCUT2D eigenvalue weighted by Gasteiger charge is -2.27. The van der Waals surface area contributed by atoms with Gasteiger partial charge in [-0.3, -0.25) is 9.97 Å². The topological polar surface area (TPSA) is 38.9 Å². The summed E-state index contributed by atoms with van der Waals surface area (Å²) in [5.41, 5.74) is 6.01. The minimum atomic E-state index is 0.175. The van der Waals surface area contributed by atoms with Crippen LogP contribution in [0.15, 0.2) is 59.3 Å². The van der Waals surface area contributed by atoms with Gasteiger partial charge in [-0.2, -0.15) is 0 Å². The van der Waals surface area contributed by atoms with E-state index in [-0.39, 0.29) is 5.41 Å². The van der Waals surface area contributed by atoms with Gasteiger partial charge in [-0.25, -0.2) is 0 Å². The second-order valence-corrected chi connectivity index (χ2v) is 6.87. The van der Waals surface area contributed by atoms with E-state index in [9.17, 15) is 0 Å². The van der Waals surface area contributed by atoms with E-state index in [2.05, 4.69) is 42.9 Å². The van der Waals surface area contributed by atoms with Crippen LogP contribution in [0.4, 0.5) is 0 Å². The van der Waals surface area contributed by atoms with Gasteiger partial charge in [-0.15, -0.1) is 0 Å². The van der Waals surface area contributed by atoms with Crippen molar-refractivity contribution in [2.75, 3.05) is 0 Å². The van der Waals surface area contributed by atoms with E-state index in [1.165, 1.54) is 5.56 Å². The molecular weight excluding hydrogens is 308 g/mol. The van der Waals surface area contributed by atoms with Gasteiger partial charge in [-0.1, -0.05) is 32.9 Å². The van der Waals surface area contributed by atoms with Crippen molar-refractivity contribution in [1.82, 2.24) is 9.97 Å². The summed E-state index contributed by atoms with van der Waals surface area (Å²) in [4.78, 5) is 9.21. The van der Waals surface area contributed by atoms with Crippen LogP contribution in [0.1, 0.15) is 39.2 Å². The second kappa shape index (κ2) is 5.99. The Kier molecular flexibility index (Phi) is 3.79. The van der Waals surface area contributed by atoms with Crippen molar-refractivity contribution in [3.63, 3.8) is 0 Å². The highest BCUT2D eigenvalue weighted by Crippen LogP contribution is 2.34. The molecular formula is C22H22N2O. The fraction of sp³-hybridized carbons (Fsp3) is 0.273. The van der Waals surface area contributed by atoms with E-state index in [1.54, 1.807) is 0 Å². The van der Waals surface area contributed by atoms with Gasteiger partial charge in [0.2, 0.25) is 0 Å². The molecule has 3 heteroatoms. The minimum absolute atomic E-state index is 0.175. The molecule has 0 N–H and O–H groups in total. The summed E-state index contributed by atoms with van der Waals surface area (Å²) < 4.78 is 5.96. The van der Waals surface area contributed by atoms with Crippen molar-refractivity contribution < 1.29 is 4.42 Å². The van der Waals surface area contributed by atoms with Crippen molar-refractivity contribution in [3.8, 4) is 11.3 Å². The SMILES string of the molecule is CCC(C)(CC)c1ccnc(-c2cnc3c(c2)oc2ccccc23)c1. The van der Waals surface area contributed by atoms with E-state index in [0.29, 0.717) is 0 Å².